The Hall–Kier alpha value is -2.20. The van der Waals surface area contributed by atoms with E-state index in [0.29, 0.717) is 0 Å². The summed E-state index contributed by atoms with van der Waals surface area (Å²) < 4.78 is 13.4. The molecule has 0 aliphatic heterocycles. The first kappa shape index (κ1) is 15.2. The molecule has 0 unspecified atom stereocenters. The van der Waals surface area contributed by atoms with E-state index in [-0.39, 0.29) is 24.2 Å². The summed E-state index contributed by atoms with van der Waals surface area (Å²) in [6.45, 7) is 4.16. The Labute approximate surface area is 124 Å². The molecule has 0 saturated carbocycles. The highest BCUT2D eigenvalue weighted by Gasteiger charge is 2.10. The molecule has 4 heteroatoms. The molecule has 0 aromatic heterocycles. The molecular formula is C17H19FN2O. The lowest BCUT2D eigenvalue weighted by atomic mass is 10.0. The third-order valence-corrected chi connectivity index (χ3v) is 3.37. The number of carbonyl (C=O) groups is 1. The molecule has 2 rings (SSSR count). The number of anilines is 1. The second-order valence-electron chi connectivity index (χ2n) is 4.99. The van der Waals surface area contributed by atoms with E-state index in [9.17, 15) is 9.18 Å². The zero-order chi connectivity index (χ0) is 15.2. The predicted molar refractivity (Wildman–Crippen MR) is 82.6 cm³/mol. The SMILES string of the molecule is Cc1ccccc1[C@@H](C)NCC(=O)Nc1ccccc1F. The van der Waals surface area contributed by atoms with Gasteiger partial charge in [-0.05, 0) is 37.1 Å². The van der Waals surface area contributed by atoms with Crippen LogP contribution in [0, 0.1) is 12.7 Å². The number of hydrogen-bond acceptors (Lipinski definition) is 2. The molecule has 0 fully saturated rings. The smallest absolute Gasteiger partial charge is 0.238 e. The van der Waals surface area contributed by atoms with Crippen molar-refractivity contribution in [2.45, 2.75) is 19.9 Å². The molecule has 2 aromatic carbocycles. The molecule has 0 heterocycles. The summed E-state index contributed by atoms with van der Waals surface area (Å²) >= 11 is 0. The van der Waals surface area contributed by atoms with Crippen molar-refractivity contribution in [3.8, 4) is 0 Å². The van der Waals surface area contributed by atoms with Crippen molar-refractivity contribution in [2.75, 3.05) is 11.9 Å². The third kappa shape index (κ3) is 4.13. The van der Waals surface area contributed by atoms with E-state index in [2.05, 4.69) is 10.6 Å². The van der Waals surface area contributed by atoms with Crippen LogP contribution in [0.3, 0.4) is 0 Å². The van der Waals surface area contributed by atoms with Gasteiger partial charge >= 0.3 is 0 Å². The van der Waals surface area contributed by atoms with Crippen LogP contribution >= 0.6 is 0 Å². The highest BCUT2D eigenvalue weighted by Crippen LogP contribution is 2.16. The largest absolute Gasteiger partial charge is 0.322 e. The molecule has 0 aliphatic carbocycles. The quantitative estimate of drug-likeness (QED) is 0.884. The summed E-state index contributed by atoms with van der Waals surface area (Å²) in [5, 5.41) is 5.70. The molecule has 0 aliphatic rings. The van der Waals surface area contributed by atoms with Crippen molar-refractivity contribution in [3.63, 3.8) is 0 Å². The minimum absolute atomic E-state index is 0.0533. The van der Waals surface area contributed by atoms with E-state index < -0.39 is 5.82 Å². The number of amides is 1. The van der Waals surface area contributed by atoms with Crippen LogP contribution in [0.25, 0.3) is 0 Å². The number of rotatable bonds is 5. The van der Waals surface area contributed by atoms with Gasteiger partial charge in [-0.1, -0.05) is 36.4 Å². The fourth-order valence-corrected chi connectivity index (χ4v) is 2.19. The Morgan fingerprint density at radius 2 is 1.81 bits per heavy atom. The minimum atomic E-state index is -0.433. The highest BCUT2D eigenvalue weighted by molar-refractivity contribution is 5.92. The first-order chi connectivity index (χ1) is 10.1. The molecule has 1 atom stereocenters. The van der Waals surface area contributed by atoms with E-state index in [1.165, 1.54) is 17.7 Å². The molecule has 110 valence electrons. The Balaban J connectivity index is 1.90. The van der Waals surface area contributed by atoms with Crippen LogP contribution in [0.15, 0.2) is 48.5 Å². The average molecular weight is 286 g/mol. The van der Waals surface area contributed by atoms with Gasteiger partial charge in [0.05, 0.1) is 12.2 Å². The Morgan fingerprint density at radius 1 is 1.14 bits per heavy atom. The lowest BCUT2D eigenvalue weighted by Gasteiger charge is -2.16. The summed E-state index contributed by atoms with van der Waals surface area (Å²) in [6, 6.07) is 14.2. The number of carbonyl (C=O) groups excluding carboxylic acids is 1. The first-order valence-electron chi connectivity index (χ1n) is 6.91. The fraction of sp³-hybridized carbons (Fsp3) is 0.235. The Kier molecular flexibility index (Phi) is 5.06. The molecule has 0 spiro atoms. The monoisotopic (exact) mass is 286 g/mol. The first-order valence-corrected chi connectivity index (χ1v) is 6.91. The molecular weight excluding hydrogens is 267 g/mol. The van der Waals surface area contributed by atoms with Crippen molar-refractivity contribution >= 4 is 11.6 Å². The van der Waals surface area contributed by atoms with E-state index in [1.54, 1.807) is 12.1 Å². The van der Waals surface area contributed by atoms with Gasteiger partial charge in [-0.3, -0.25) is 4.79 Å². The maximum Gasteiger partial charge on any atom is 0.238 e. The van der Waals surface area contributed by atoms with Gasteiger partial charge in [0.2, 0.25) is 5.91 Å². The summed E-state index contributed by atoms with van der Waals surface area (Å²) in [6.07, 6.45) is 0. The van der Waals surface area contributed by atoms with Gasteiger partial charge in [0.25, 0.3) is 0 Å². The second-order valence-corrected chi connectivity index (χ2v) is 4.99. The van der Waals surface area contributed by atoms with Crippen molar-refractivity contribution in [3.05, 3.63) is 65.5 Å². The Bertz CT molecular complexity index is 628. The number of hydrogen-bond donors (Lipinski definition) is 2. The van der Waals surface area contributed by atoms with Gasteiger partial charge in [-0.15, -0.1) is 0 Å². The van der Waals surface area contributed by atoms with Crippen molar-refractivity contribution in [1.82, 2.24) is 5.32 Å². The number of benzene rings is 2. The highest BCUT2D eigenvalue weighted by atomic mass is 19.1. The standard InChI is InChI=1S/C17H19FN2O/c1-12-7-3-4-8-14(12)13(2)19-11-17(21)20-16-10-6-5-9-15(16)18/h3-10,13,19H,11H2,1-2H3,(H,20,21)/t13-/m1/s1. The van der Waals surface area contributed by atoms with Crippen LogP contribution in [-0.2, 0) is 4.79 Å². The number of nitrogens with one attached hydrogen (secondary N) is 2. The normalized spacial score (nSPS) is 12.0. The Morgan fingerprint density at radius 3 is 2.52 bits per heavy atom. The van der Waals surface area contributed by atoms with Crippen LogP contribution in [-0.4, -0.2) is 12.5 Å². The molecule has 1 amide bonds. The topological polar surface area (TPSA) is 41.1 Å². The van der Waals surface area contributed by atoms with E-state index >= 15 is 0 Å². The van der Waals surface area contributed by atoms with Gasteiger partial charge in [-0.25, -0.2) is 4.39 Å². The average Bonchev–Trinajstić information content (AvgIpc) is 2.48. The molecule has 0 radical (unpaired) electrons. The van der Waals surface area contributed by atoms with E-state index in [1.807, 2.05) is 38.1 Å². The maximum atomic E-state index is 13.4. The summed E-state index contributed by atoms with van der Waals surface area (Å²) in [5.41, 5.74) is 2.52. The summed E-state index contributed by atoms with van der Waals surface area (Å²) in [7, 11) is 0. The number of para-hydroxylation sites is 1. The van der Waals surface area contributed by atoms with Crippen LogP contribution < -0.4 is 10.6 Å². The molecule has 3 nitrogen and oxygen atoms in total. The molecule has 21 heavy (non-hydrogen) atoms. The zero-order valence-corrected chi connectivity index (χ0v) is 12.2. The number of aryl methyl sites for hydroxylation is 1. The summed E-state index contributed by atoms with van der Waals surface area (Å²) in [5.74, 6) is -0.696. The van der Waals surface area contributed by atoms with Crippen molar-refractivity contribution in [1.29, 1.82) is 0 Å². The van der Waals surface area contributed by atoms with E-state index in [0.717, 1.165) is 5.56 Å². The van der Waals surface area contributed by atoms with Crippen LogP contribution in [0.1, 0.15) is 24.1 Å². The fourth-order valence-electron chi connectivity index (χ4n) is 2.19. The van der Waals surface area contributed by atoms with Gasteiger partial charge in [0.15, 0.2) is 0 Å². The molecule has 2 aromatic rings. The summed E-state index contributed by atoms with van der Waals surface area (Å²) in [4.78, 5) is 11.8. The number of halogens is 1. The van der Waals surface area contributed by atoms with E-state index in [4.69, 9.17) is 0 Å². The zero-order valence-electron chi connectivity index (χ0n) is 12.2. The third-order valence-electron chi connectivity index (χ3n) is 3.37. The van der Waals surface area contributed by atoms with Crippen LogP contribution in [0.2, 0.25) is 0 Å². The van der Waals surface area contributed by atoms with Crippen LogP contribution in [0.5, 0.6) is 0 Å². The van der Waals surface area contributed by atoms with Crippen molar-refractivity contribution in [2.24, 2.45) is 0 Å². The predicted octanol–water partition coefficient (Wildman–Crippen LogP) is 3.42. The second kappa shape index (κ2) is 6.99. The van der Waals surface area contributed by atoms with Gasteiger partial charge in [-0.2, -0.15) is 0 Å². The molecule has 0 bridgehead atoms. The molecule has 0 saturated heterocycles. The molecule has 2 N–H and O–H groups in total. The van der Waals surface area contributed by atoms with Gasteiger partial charge < -0.3 is 10.6 Å². The lowest BCUT2D eigenvalue weighted by Crippen LogP contribution is -2.30. The van der Waals surface area contributed by atoms with Gasteiger partial charge in [0.1, 0.15) is 5.82 Å². The lowest BCUT2D eigenvalue weighted by molar-refractivity contribution is -0.115. The van der Waals surface area contributed by atoms with Crippen molar-refractivity contribution < 1.29 is 9.18 Å². The minimum Gasteiger partial charge on any atom is -0.322 e. The van der Waals surface area contributed by atoms with Crippen LogP contribution in [0.4, 0.5) is 10.1 Å². The maximum absolute atomic E-state index is 13.4. The van der Waals surface area contributed by atoms with Gasteiger partial charge in [0, 0.05) is 6.04 Å².